The van der Waals surface area contributed by atoms with Gasteiger partial charge < -0.3 is 23.7 Å². The van der Waals surface area contributed by atoms with E-state index in [1.807, 2.05) is 0 Å². The van der Waals surface area contributed by atoms with Crippen molar-refractivity contribution in [3.63, 3.8) is 0 Å². The molecule has 1 aliphatic rings. The number of hydrogen-bond acceptors (Lipinski definition) is 10. The molecule has 0 spiro atoms. The maximum absolute atomic E-state index is 13.0. The lowest BCUT2D eigenvalue weighted by atomic mass is 9.95. The Balaban J connectivity index is 2.05. The maximum atomic E-state index is 13.0. The monoisotopic (exact) mass is 456 g/mol. The Labute approximate surface area is 188 Å². The molecule has 0 fully saturated rings. The van der Waals surface area contributed by atoms with E-state index in [4.69, 9.17) is 23.7 Å². The second-order valence-corrected chi connectivity index (χ2v) is 7.15. The molecule has 3 rings (SSSR count). The third-order valence-electron chi connectivity index (χ3n) is 4.27. The molecule has 1 heterocycles. The fourth-order valence-corrected chi connectivity index (χ4v) is 3.25. The van der Waals surface area contributed by atoms with Crippen LogP contribution in [0.5, 0.6) is 28.7 Å². The van der Waals surface area contributed by atoms with E-state index in [2.05, 4.69) is 0 Å². The Morgan fingerprint density at radius 1 is 0.727 bits per heavy atom. The molecule has 10 heteroatoms. The molecule has 2 aromatic rings. The van der Waals surface area contributed by atoms with Crippen LogP contribution in [0.25, 0.3) is 0 Å². The predicted molar refractivity (Wildman–Crippen MR) is 110 cm³/mol. The van der Waals surface area contributed by atoms with E-state index in [0.29, 0.717) is 5.56 Å². The first kappa shape index (κ1) is 23.5. The molecular weight excluding hydrogens is 436 g/mol. The molecule has 172 valence electrons. The van der Waals surface area contributed by atoms with E-state index >= 15 is 0 Å². The highest BCUT2D eigenvalue weighted by Gasteiger charge is 2.33. The Morgan fingerprint density at radius 2 is 1.21 bits per heavy atom. The summed E-state index contributed by atoms with van der Waals surface area (Å²) in [4.78, 5) is 58.7. The summed E-state index contributed by atoms with van der Waals surface area (Å²) in [6, 6.07) is 6.85. The molecule has 1 unspecified atom stereocenters. The Hall–Kier alpha value is -4.21. The lowest BCUT2D eigenvalue weighted by Gasteiger charge is -2.27. The van der Waals surface area contributed by atoms with Crippen molar-refractivity contribution in [2.45, 2.75) is 40.2 Å². The fraction of sp³-hybridized carbons (Fsp3) is 0.261. The van der Waals surface area contributed by atoms with E-state index in [1.165, 1.54) is 58.0 Å². The largest absolute Gasteiger partial charge is 0.477 e. The van der Waals surface area contributed by atoms with E-state index in [9.17, 15) is 24.0 Å². The van der Waals surface area contributed by atoms with Gasteiger partial charge in [-0.2, -0.15) is 0 Å². The van der Waals surface area contributed by atoms with Crippen LogP contribution in [0.15, 0.2) is 30.3 Å². The SMILES string of the molecule is CC(=O)Oc1cc(OC(C)=O)cc(C2Oc3cc(OC(C)=O)cc(OC(C)=O)c3CC2=O)c1. The molecule has 0 radical (unpaired) electrons. The molecule has 1 atom stereocenters. The summed E-state index contributed by atoms with van der Waals surface area (Å²) < 4.78 is 26.3. The van der Waals surface area contributed by atoms with E-state index in [0.717, 1.165) is 0 Å². The number of carbonyl (C=O) groups is 5. The van der Waals surface area contributed by atoms with Crippen molar-refractivity contribution in [1.29, 1.82) is 0 Å². The molecule has 1 aliphatic heterocycles. The third kappa shape index (κ3) is 5.94. The van der Waals surface area contributed by atoms with E-state index in [1.54, 1.807) is 0 Å². The van der Waals surface area contributed by atoms with E-state index in [-0.39, 0.29) is 40.7 Å². The lowest BCUT2D eigenvalue weighted by Crippen LogP contribution is -2.27. The zero-order chi connectivity index (χ0) is 24.3. The van der Waals surface area contributed by atoms with Crippen molar-refractivity contribution in [2.24, 2.45) is 0 Å². The third-order valence-corrected chi connectivity index (χ3v) is 4.27. The first-order chi connectivity index (χ1) is 15.5. The van der Waals surface area contributed by atoms with Gasteiger partial charge in [-0.3, -0.25) is 24.0 Å². The van der Waals surface area contributed by atoms with Crippen LogP contribution in [0.2, 0.25) is 0 Å². The van der Waals surface area contributed by atoms with Crippen LogP contribution >= 0.6 is 0 Å². The Bertz CT molecular complexity index is 1130. The smallest absolute Gasteiger partial charge is 0.308 e. The van der Waals surface area contributed by atoms with Gasteiger partial charge in [0.2, 0.25) is 0 Å². The van der Waals surface area contributed by atoms with Crippen LogP contribution < -0.4 is 23.7 Å². The van der Waals surface area contributed by atoms with Crippen molar-refractivity contribution in [3.8, 4) is 28.7 Å². The van der Waals surface area contributed by atoms with Gasteiger partial charge in [0.25, 0.3) is 0 Å². The number of ether oxygens (including phenoxy) is 5. The second kappa shape index (κ2) is 9.51. The molecular formula is C23H20O10. The van der Waals surface area contributed by atoms with Crippen LogP contribution in [0.1, 0.15) is 44.9 Å². The number of fused-ring (bicyclic) bond motifs is 1. The highest BCUT2D eigenvalue weighted by Crippen LogP contribution is 2.42. The van der Waals surface area contributed by atoms with Gasteiger partial charge in [0, 0.05) is 63.4 Å². The molecule has 0 N–H and O–H groups in total. The standard InChI is InChI=1S/C23H20O10/c1-11(24)29-16-5-15(6-17(7-16)30-12(2)25)23-20(28)10-19-21(32-14(4)27)8-18(31-13(3)26)9-22(19)33-23/h5-9,23H,10H2,1-4H3. The van der Waals surface area contributed by atoms with Crippen molar-refractivity contribution in [2.75, 3.05) is 0 Å². The maximum Gasteiger partial charge on any atom is 0.308 e. The number of benzene rings is 2. The van der Waals surface area contributed by atoms with Crippen LogP contribution in [0.4, 0.5) is 0 Å². The average Bonchev–Trinajstić information content (AvgIpc) is 2.66. The van der Waals surface area contributed by atoms with Crippen LogP contribution in [0, 0.1) is 0 Å². The zero-order valence-electron chi connectivity index (χ0n) is 18.3. The van der Waals surface area contributed by atoms with Gasteiger partial charge in [0.05, 0.1) is 0 Å². The number of ketones is 1. The highest BCUT2D eigenvalue weighted by molar-refractivity contribution is 5.90. The average molecular weight is 456 g/mol. The molecule has 0 bridgehead atoms. The molecule has 0 amide bonds. The number of hydrogen-bond donors (Lipinski definition) is 0. The molecule has 0 aliphatic carbocycles. The first-order valence-corrected chi connectivity index (χ1v) is 9.76. The Morgan fingerprint density at radius 3 is 1.70 bits per heavy atom. The zero-order valence-corrected chi connectivity index (χ0v) is 18.3. The quantitative estimate of drug-likeness (QED) is 0.488. The topological polar surface area (TPSA) is 132 Å². The lowest BCUT2D eigenvalue weighted by molar-refractivity contribution is -0.133. The Kier molecular flexibility index (Phi) is 6.76. The molecule has 0 aromatic heterocycles. The van der Waals surface area contributed by atoms with Gasteiger partial charge in [-0.25, -0.2) is 0 Å². The van der Waals surface area contributed by atoms with Crippen molar-refractivity contribution in [3.05, 3.63) is 41.5 Å². The van der Waals surface area contributed by atoms with Crippen LogP contribution in [-0.2, 0) is 30.4 Å². The summed E-state index contributed by atoms with van der Waals surface area (Å²) in [5, 5.41) is 0. The molecule has 0 saturated carbocycles. The summed E-state index contributed by atoms with van der Waals surface area (Å²) >= 11 is 0. The van der Waals surface area contributed by atoms with Crippen molar-refractivity contribution < 1.29 is 47.7 Å². The van der Waals surface area contributed by atoms with Crippen molar-refractivity contribution in [1.82, 2.24) is 0 Å². The van der Waals surface area contributed by atoms with Gasteiger partial charge in [-0.15, -0.1) is 0 Å². The minimum Gasteiger partial charge on any atom is -0.477 e. The van der Waals surface area contributed by atoms with Gasteiger partial charge in [-0.05, 0) is 12.1 Å². The van der Waals surface area contributed by atoms with Crippen LogP contribution in [0.3, 0.4) is 0 Å². The highest BCUT2D eigenvalue weighted by atomic mass is 16.6. The van der Waals surface area contributed by atoms with Gasteiger partial charge >= 0.3 is 23.9 Å². The van der Waals surface area contributed by atoms with E-state index < -0.39 is 35.8 Å². The summed E-state index contributed by atoms with van der Waals surface area (Å²) in [5.41, 5.74) is 0.561. The number of esters is 4. The van der Waals surface area contributed by atoms with Gasteiger partial charge in [-0.1, -0.05) is 0 Å². The number of Topliss-reactive ketones (excluding diaryl/α,β-unsaturated/α-hetero) is 1. The van der Waals surface area contributed by atoms with Gasteiger partial charge in [0.1, 0.15) is 28.7 Å². The van der Waals surface area contributed by atoms with Crippen molar-refractivity contribution >= 4 is 29.7 Å². The minimum atomic E-state index is -1.17. The van der Waals surface area contributed by atoms with Gasteiger partial charge in [0.15, 0.2) is 11.9 Å². The number of rotatable bonds is 5. The predicted octanol–water partition coefficient (Wildman–Crippen LogP) is 2.63. The molecule has 2 aromatic carbocycles. The summed E-state index contributed by atoms with van der Waals surface area (Å²) in [6.07, 6.45) is -1.33. The molecule has 0 saturated heterocycles. The minimum absolute atomic E-state index is 0.0253. The second-order valence-electron chi connectivity index (χ2n) is 7.15. The fourth-order valence-electron chi connectivity index (χ4n) is 3.25. The summed E-state index contributed by atoms with van der Waals surface area (Å²) in [7, 11) is 0. The molecule has 33 heavy (non-hydrogen) atoms. The first-order valence-electron chi connectivity index (χ1n) is 9.76. The normalized spacial score (nSPS) is 14.4. The molecule has 10 nitrogen and oxygen atoms in total. The summed E-state index contributed by atoms with van der Waals surface area (Å²) in [6.45, 7) is 4.79. The number of carbonyl (C=O) groups excluding carboxylic acids is 5. The van der Waals surface area contributed by atoms with Crippen LogP contribution in [-0.4, -0.2) is 29.7 Å². The summed E-state index contributed by atoms with van der Waals surface area (Å²) in [5.74, 6) is -2.53.